The maximum Gasteiger partial charge on any atom is 0.408 e. The van der Waals surface area contributed by atoms with E-state index in [4.69, 9.17) is 14.3 Å². The van der Waals surface area contributed by atoms with Crippen LogP contribution in [0, 0.1) is 0 Å². The van der Waals surface area contributed by atoms with Crippen LogP contribution in [0.5, 0.6) is 0 Å². The van der Waals surface area contributed by atoms with Crippen LogP contribution < -0.4 is 10.6 Å². The fourth-order valence-electron chi connectivity index (χ4n) is 4.62. The quantitative estimate of drug-likeness (QED) is 0.443. The number of hydrogen-bond acceptors (Lipinski definition) is 7. The first kappa shape index (κ1) is 29.2. The summed E-state index contributed by atoms with van der Waals surface area (Å²) in [6.07, 6.45) is 9.85. The lowest BCUT2D eigenvalue weighted by atomic mass is 9.90. The van der Waals surface area contributed by atoms with Gasteiger partial charge in [0.2, 0.25) is 0 Å². The molecule has 0 bridgehead atoms. The van der Waals surface area contributed by atoms with Gasteiger partial charge in [0, 0.05) is 18.6 Å². The number of hydroxylamine groups is 2. The largest absolute Gasteiger partial charge is 0.444 e. The van der Waals surface area contributed by atoms with Crippen molar-refractivity contribution in [3.05, 3.63) is 0 Å². The van der Waals surface area contributed by atoms with Crippen LogP contribution in [-0.2, 0) is 19.1 Å². The fraction of sp³-hybridized carbons (Fsp3) is 0.885. The number of carbonyl (C=O) groups is 3. The second-order valence-electron chi connectivity index (χ2n) is 11.8. The first-order valence-corrected chi connectivity index (χ1v) is 13.3. The van der Waals surface area contributed by atoms with Gasteiger partial charge in [0.05, 0.1) is 0 Å². The summed E-state index contributed by atoms with van der Waals surface area (Å²) in [4.78, 5) is 43.9. The Bertz CT molecular complexity index is 670. The van der Waals surface area contributed by atoms with Crippen molar-refractivity contribution in [2.75, 3.05) is 6.54 Å². The molecule has 202 valence electrons. The first-order chi connectivity index (χ1) is 16.3. The molecule has 0 aliphatic heterocycles. The molecule has 2 fully saturated rings. The van der Waals surface area contributed by atoms with Crippen LogP contribution >= 0.6 is 0 Å². The third-order valence-corrected chi connectivity index (χ3v) is 6.14. The van der Waals surface area contributed by atoms with E-state index in [-0.39, 0.29) is 25.0 Å². The molecule has 2 saturated carbocycles. The second-order valence-corrected chi connectivity index (χ2v) is 11.8. The zero-order chi connectivity index (χ0) is 26.1. The van der Waals surface area contributed by atoms with Crippen LogP contribution in [0.2, 0.25) is 0 Å². The lowest BCUT2D eigenvalue weighted by Gasteiger charge is -2.40. The molecule has 1 atom stereocenters. The van der Waals surface area contributed by atoms with Crippen molar-refractivity contribution in [1.82, 2.24) is 15.7 Å². The normalized spacial score (nSPS) is 19.1. The highest BCUT2D eigenvalue weighted by Gasteiger charge is 2.35. The summed E-state index contributed by atoms with van der Waals surface area (Å²) in [5, 5.41) is 7.24. The van der Waals surface area contributed by atoms with Crippen molar-refractivity contribution in [1.29, 1.82) is 0 Å². The van der Waals surface area contributed by atoms with E-state index in [2.05, 4.69) is 10.6 Å². The summed E-state index contributed by atoms with van der Waals surface area (Å²) in [6, 6.07) is -0.551. The number of hydrogen-bond donors (Lipinski definition) is 2. The molecule has 0 saturated heterocycles. The van der Waals surface area contributed by atoms with Crippen molar-refractivity contribution >= 4 is 18.2 Å². The van der Waals surface area contributed by atoms with Crippen LogP contribution in [0.3, 0.4) is 0 Å². The molecule has 2 rings (SSSR count). The van der Waals surface area contributed by atoms with Crippen LogP contribution in [0.25, 0.3) is 0 Å². The van der Waals surface area contributed by atoms with Crippen molar-refractivity contribution in [3.8, 4) is 0 Å². The van der Waals surface area contributed by atoms with Gasteiger partial charge < -0.3 is 24.9 Å². The highest BCUT2D eigenvalue weighted by atomic mass is 16.7. The molecular weight excluding hydrogens is 450 g/mol. The molecule has 0 heterocycles. The van der Waals surface area contributed by atoms with Crippen LogP contribution in [0.4, 0.5) is 9.59 Å². The number of nitrogens with zero attached hydrogens (tertiary/aromatic N) is 1. The molecule has 9 heteroatoms. The van der Waals surface area contributed by atoms with Crippen molar-refractivity contribution in [3.63, 3.8) is 0 Å². The summed E-state index contributed by atoms with van der Waals surface area (Å²) >= 11 is 0. The molecule has 2 N–H and O–H groups in total. The Labute approximate surface area is 210 Å². The van der Waals surface area contributed by atoms with E-state index in [0.29, 0.717) is 0 Å². The average molecular weight is 498 g/mol. The molecule has 0 radical (unpaired) electrons. The number of nitrogens with one attached hydrogen (secondary N) is 2. The number of amides is 2. The van der Waals surface area contributed by atoms with Gasteiger partial charge in [-0.1, -0.05) is 38.5 Å². The fourth-order valence-corrected chi connectivity index (χ4v) is 4.62. The molecule has 2 aliphatic carbocycles. The van der Waals surface area contributed by atoms with Gasteiger partial charge in [-0.3, -0.25) is 0 Å². The zero-order valence-corrected chi connectivity index (χ0v) is 22.6. The summed E-state index contributed by atoms with van der Waals surface area (Å²) in [6.45, 7) is 10.8. The van der Waals surface area contributed by atoms with E-state index in [0.717, 1.165) is 51.4 Å². The number of carbonyl (C=O) groups excluding carboxylic acids is 3. The van der Waals surface area contributed by atoms with E-state index in [1.807, 2.05) is 5.06 Å². The van der Waals surface area contributed by atoms with E-state index in [1.165, 1.54) is 12.8 Å². The zero-order valence-electron chi connectivity index (χ0n) is 22.6. The van der Waals surface area contributed by atoms with Gasteiger partial charge >= 0.3 is 18.2 Å². The monoisotopic (exact) mass is 497 g/mol. The molecule has 0 aromatic heterocycles. The third-order valence-electron chi connectivity index (χ3n) is 6.14. The van der Waals surface area contributed by atoms with E-state index in [9.17, 15) is 14.4 Å². The van der Waals surface area contributed by atoms with Crippen molar-refractivity contribution < 1.29 is 28.7 Å². The van der Waals surface area contributed by atoms with Gasteiger partial charge in [-0.05, 0) is 73.6 Å². The van der Waals surface area contributed by atoms with Gasteiger partial charge in [0.1, 0.15) is 17.2 Å². The summed E-state index contributed by atoms with van der Waals surface area (Å²) in [5.74, 6) is -0.530. The summed E-state index contributed by atoms with van der Waals surface area (Å²) in [7, 11) is 0. The molecule has 2 aliphatic rings. The van der Waals surface area contributed by atoms with Gasteiger partial charge in [0.25, 0.3) is 0 Å². The van der Waals surface area contributed by atoms with E-state index in [1.54, 1.807) is 41.5 Å². The predicted molar refractivity (Wildman–Crippen MR) is 134 cm³/mol. The smallest absolute Gasteiger partial charge is 0.408 e. The Morgan fingerprint density at radius 2 is 1.23 bits per heavy atom. The predicted octanol–water partition coefficient (Wildman–Crippen LogP) is 5.22. The van der Waals surface area contributed by atoms with Crippen LogP contribution in [0.1, 0.15) is 112 Å². The standard InChI is InChI=1S/C26H47N3O6/c1-25(2,3)33-23(31)27-18-17-21(28-24(32)34-26(4,5)6)22(30)35-29(19-13-9-7-10-14-19)20-15-11-8-12-16-20/h19-21H,7-18H2,1-6H3,(H,27,31)(H,28,32)/t21-/m0/s1. The van der Waals surface area contributed by atoms with Gasteiger partial charge in [-0.2, -0.15) is 0 Å². The molecule has 35 heavy (non-hydrogen) atoms. The summed E-state index contributed by atoms with van der Waals surface area (Å²) in [5.41, 5.74) is -1.33. The minimum Gasteiger partial charge on any atom is -0.444 e. The maximum absolute atomic E-state index is 13.4. The number of alkyl carbamates (subject to hydrolysis) is 2. The molecule has 2 amide bonds. The Balaban J connectivity index is 2.07. The Morgan fingerprint density at radius 3 is 1.69 bits per heavy atom. The van der Waals surface area contributed by atoms with Crippen molar-refractivity contribution in [2.45, 2.75) is 141 Å². The first-order valence-electron chi connectivity index (χ1n) is 13.3. The van der Waals surface area contributed by atoms with E-state index < -0.39 is 35.4 Å². The van der Waals surface area contributed by atoms with E-state index >= 15 is 0 Å². The van der Waals surface area contributed by atoms with Gasteiger partial charge in [-0.15, -0.1) is 5.06 Å². The highest BCUT2D eigenvalue weighted by molar-refractivity contribution is 5.81. The molecule has 0 unspecified atom stereocenters. The molecular formula is C26H47N3O6. The van der Waals surface area contributed by atoms with Gasteiger partial charge in [0.15, 0.2) is 0 Å². The van der Waals surface area contributed by atoms with Crippen LogP contribution in [0.15, 0.2) is 0 Å². The SMILES string of the molecule is CC(C)(C)OC(=O)NCC[C@H](NC(=O)OC(C)(C)C)C(=O)ON(C1CCCCC1)C1CCCCC1. The molecule has 0 aromatic rings. The summed E-state index contributed by atoms with van der Waals surface area (Å²) < 4.78 is 10.6. The van der Waals surface area contributed by atoms with Crippen molar-refractivity contribution in [2.24, 2.45) is 0 Å². The average Bonchev–Trinajstić information content (AvgIpc) is 2.75. The maximum atomic E-state index is 13.4. The topological polar surface area (TPSA) is 106 Å². The molecule has 0 spiro atoms. The molecule has 0 aromatic carbocycles. The minimum absolute atomic E-state index is 0.136. The number of ether oxygens (including phenoxy) is 2. The Morgan fingerprint density at radius 1 is 0.771 bits per heavy atom. The third kappa shape index (κ3) is 11.5. The van der Waals surface area contributed by atoms with Crippen LogP contribution in [-0.4, -0.2) is 59.1 Å². The second kappa shape index (κ2) is 13.3. The number of rotatable bonds is 8. The Kier molecular flexibility index (Phi) is 11.1. The lowest BCUT2D eigenvalue weighted by Crippen LogP contribution is -2.51. The highest BCUT2D eigenvalue weighted by Crippen LogP contribution is 2.30. The van der Waals surface area contributed by atoms with Gasteiger partial charge in [-0.25, -0.2) is 14.4 Å². The lowest BCUT2D eigenvalue weighted by molar-refractivity contribution is -0.225. The minimum atomic E-state index is -0.963. The molecule has 9 nitrogen and oxygen atoms in total. The Hall–Kier alpha value is -2.03.